The van der Waals surface area contributed by atoms with Gasteiger partial charge in [0.15, 0.2) is 5.76 Å². The second-order valence-electron chi connectivity index (χ2n) is 6.72. The Kier molecular flexibility index (Phi) is 5.99. The highest BCUT2D eigenvalue weighted by molar-refractivity contribution is 6.42. The van der Waals surface area contributed by atoms with Crippen molar-refractivity contribution in [3.8, 4) is 11.5 Å². The van der Waals surface area contributed by atoms with Crippen LogP contribution in [0.15, 0.2) is 54.3 Å². The smallest absolute Gasteiger partial charge is 0.231 e. The summed E-state index contributed by atoms with van der Waals surface area (Å²) in [6.45, 7) is 2.15. The van der Waals surface area contributed by atoms with E-state index < -0.39 is 0 Å². The average molecular weight is 480 g/mol. The molecule has 3 aromatic rings. The van der Waals surface area contributed by atoms with E-state index in [1.165, 1.54) is 0 Å². The van der Waals surface area contributed by atoms with E-state index in [9.17, 15) is 4.79 Å². The van der Waals surface area contributed by atoms with Crippen molar-refractivity contribution in [1.82, 2.24) is 0 Å². The molecular weight excluding hydrogens is 466 g/mol. The van der Waals surface area contributed by atoms with Crippen LogP contribution in [-0.4, -0.2) is 5.78 Å². The summed E-state index contributed by atoms with van der Waals surface area (Å²) in [4.78, 5) is 12.7. The van der Waals surface area contributed by atoms with Crippen LogP contribution in [0.4, 0.5) is 0 Å². The molecule has 1 heterocycles. The monoisotopic (exact) mass is 478 g/mol. The summed E-state index contributed by atoms with van der Waals surface area (Å²) >= 11 is 24.0. The van der Waals surface area contributed by atoms with Gasteiger partial charge in [0.1, 0.15) is 18.1 Å². The van der Waals surface area contributed by atoms with Crippen LogP contribution in [0.1, 0.15) is 27.0 Å². The summed E-state index contributed by atoms with van der Waals surface area (Å²) in [6.07, 6.45) is 1.64. The van der Waals surface area contributed by atoms with E-state index >= 15 is 0 Å². The average Bonchev–Trinajstić information content (AvgIpc) is 3.03. The molecule has 4 rings (SSSR count). The number of halogens is 4. The van der Waals surface area contributed by atoms with Gasteiger partial charge < -0.3 is 9.47 Å². The number of carbonyl (C=O) groups is 1. The summed E-state index contributed by atoms with van der Waals surface area (Å²) < 4.78 is 11.8. The van der Waals surface area contributed by atoms with Gasteiger partial charge in [-0.05, 0) is 60.5 Å². The first-order valence-electron chi connectivity index (χ1n) is 8.93. The second-order valence-corrected chi connectivity index (χ2v) is 8.34. The third kappa shape index (κ3) is 4.17. The Morgan fingerprint density at radius 3 is 2.30 bits per heavy atom. The topological polar surface area (TPSA) is 35.5 Å². The molecule has 1 aliphatic rings. The maximum atomic E-state index is 12.7. The van der Waals surface area contributed by atoms with Crippen LogP contribution >= 0.6 is 46.4 Å². The van der Waals surface area contributed by atoms with Crippen LogP contribution in [0, 0.1) is 6.92 Å². The highest BCUT2D eigenvalue weighted by Crippen LogP contribution is 2.39. The van der Waals surface area contributed by atoms with Crippen molar-refractivity contribution in [2.24, 2.45) is 0 Å². The third-order valence-electron chi connectivity index (χ3n) is 4.66. The van der Waals surface area contributed by atoms with Crippen molar-refractivity contribution >= 4 is 58.3 Å². The standard InChI is InChI=1S/C23H14Cl4O3/c1-12-20(29-11-14-3-6-17(25)19(27)9-14)7-4-15-22(28)21(30-23(12)15)10-13-2-5-16(24)18(26)8-13/h2-10H,11H2,1H3/b21-10-. The Morgan fingerprint density at radius 1 is 0.900 bits per heavy atom. The maximum absolute atomic E-state index is 12.7. The lowest BCUT2D eigenvalue weighted by Gasteiger charge is -2.12. The maximum Gasteiger partial charge on any atom is 0.231 e. The largest absolute Gasteiger partial charge is 0.488 e. The number of Topliss-reactive ketones (excluding diaryl/α,β-unsaturated/α-hetero) is 1. The lowest BCUT2D eigenvalue weighted by Crippen LogP contribution is -1.98. The van der Waals surface area contributed by atoms with E-state index in [0.29, 0.717) is 49.3 Å². The molecule has 7 heteroatoms. The summed E-state index contributed by atoms with van der Waals surface area (Å²) in [5.41, 5.74) is 2.81. The minimum absolute atomic E-state index is 0.199. The molecule has 30 heavy (non-hydrogen) atoms. The SMILES string of the molecule is Cc1c(OCc2ccc(Cl)c(Cl)c2)ccc2c1O/C(=C\c1ccc(Cl)c(Cl)c1)C2=O. The van der Waals surface area contributed by atoms with Crippen molar-refractivity contribution in [2.45, 2.75) is 13.5 Å². The fourth-order valence-electron chi connectivity index (χ4n) is 3.07. The summed E-state index contributed by atoms with van der Waals surface area (Å²) in [5.74, 6) is 1.12. The van der Waals surface area contributed by atoms with Crippen LogP contribution < -0.4 is 9.47 Å². The number of ketones is 1. The normalized spacial score (nSPS) is 14.0. The van der Waals surface area contributed by atoms with Gasteiger partial charge >= 0.3 is 0 Å². The molecule has 0 saturated heterocycles. The third-order valence-corrected chi connectivity index (χ3v) is 6.13. The molecule has 1 aliphatic heterocycles. The van der Waals surface area contributed by atoms with Gasteiger partial charge in [0, 0.05) is 5.56 Å². The number of ether oxygens (including phenoxy) is 2. The minimum Gasteiger partial charge on any atom is -0.488 e. The molecule has 152 valence electrons. The second kappa shape index (κ2) is 8.52. The van der Waals surface area contributed by atoms with Crippen LogP contribution in [0.5, 0.6) is 11.5 Å². The molecule has 0 aromatic heterocycles. The van der Waals surface area contributed by atoms with E-state index in [-0.39, 0.29) is 11.5 Å². The molecule has 0 fully saturated rings. The van der Waals surface area contributed by atoms with Crippen LogP contribution in [0.25, 0.3) is 6.08 Å². The van der Waals surface area contributed by atoms with E-state index in [1.807, 2.05) is 13.0 Å². The first kappa shape index (κ1) is 21.1. The fourth-order valence-corrected chi connectivity index (χ4v) is 3.70. The van der Waals surface area contributed by atoms with Crippen LogP contribution in [0.2, 0.25) is 20.1 Å². The van der Waals surface area contributed by atoms with Gasteiger partial charge in [-0.3, -0.25) is 4.79 Å². The molecule has 0 saturated carbocycles. The Balaban J connectivity index is 1.57. The summed E-state index contributed by atoms with van der Waals surface area (Å²) in [5, 5.41) is 1.81. The van der Waals surface area contributed by atoms with Gasteiger partial charge in [0.2, 0.25) is 5.78 Å². The highest BCUT2D eigenvalue weighted by atomic mass is 35.5. The minimum atomic E-state index is -0.199. The number of fused-ring (bicyclic) bond motifs is 1. The molecule has 3 aromatic carbocycles. The number of rotatable bonds is 4. The zero-order valence-corrected chi connectivity index (χ0v) is 18.7. The fraction of sp³-hybridized carbons (Fsp3) is 0.0870. The van der Waals surface area contributed by atoms with Crippen molar-refractivity contribution in [1.29, 1.82) is 0 Å². The molecule has 0 radical (unpaired) electrons. The molecule has 0 atom stereocenters. The first-order valence-corrected chi connectivity index (χ1v) is 10.4. The van der Waals surface area contributed by atoms with E-state index in [1.54, 1.807) is 48.5 Å². The number of benzene rings is 3. The molecule has 0 bridgehead atoms. The number of hydrogen-bond donors (Lipinski definition) is 0. The number of allylic oxidation sites excluding steroid dienone is 1. The number of hydrogen-bond acceptors (Lipinski definition) is 3. The molecule has 0 N–H and O–H groups in total. The van der Waals surface area contributed by atoms with E-state index in [0.717, 1.165) is 11.1 Å². The van der Waals surface area contributed by atoms with Crippen molar-refractivity contribution < 1.29 is 14.3 Å². The van der Waals surface area contributed by atoms with Gasteiger partial charge in [-0.2, -0.15) is 0 Å². The lowest BCUT2D eigenvalue weighted by molar-refractivity contribution is 0.101. The van der Waals surface area contributed by atoms with Gasteiger partial charge in [-0.25, -0.2) is 0 Å². The highest BCUT2D eigenvalue weighted by Gasteiger charge is 2.30. The first-order chi connectivity index (χ1) is 14.3. The quantitative estimate of drug-likeness (QED) is 0.358. The molecule has 0 spiro atoms. The van der Waals surface area contributed by atoms with Crippen LogP contribution in [-0.2, 0) is 6.61 Å². The van der Waals surface area contributed by atoms with E-state index in [4.69, 9.17) is 55.9 Å². The molecule has 0 aliphatic carbocycles. The molecule has 3 nitrogen and oxygen atoms in total. The zero-order valence-electron chi connectivity index (χ0n) is 15.6. The Morgan fingerprint density at radius 2 is 1.60 bits per heavy atom. The van der Waals surface area contributed by atoms with Gasteiger partial charge in [0.05, 0.1) is 25.7 Å². The number of carbonyl (C=O) groups excluding carboxylic acids is 1. The van der Waals surface area contributed by atoms with Gasteiger partial charge in [-0.1, -0.05) is 58.5 Å². The Bertz CT molecular complexity index is 1200. The molecule has 0 unspecified atom stereocenters. The van der Waals surface area contributed by atoms with Crippen LogP contribution in [0.3, 0.4) is 0 Å². The zero-order chi connectivity index (χ0) is 21.4. The lowest BCUT2D eigenvalue weighted by atomic mass is 10.1. The summed E-state index contributed by atoms with van der Waals surface area (Å²) in [6, 6.07) is 13.9. The van der Waals surface area contributed by atoms with Gasteiger partial charge in [-0.15, -0.1) is 0 Å². The molecular formula is C23H14Cl4O3. The Labute approximate surface area is 193 Å². The predicted octanol–water partition coefficient (Wildman–Crippen LogP) is 7.80. The summed E-state index contributed by atoms with van der Waals surface area (Å²) in [7, 11) is 0. The van der Waals surface area contributed by atoms with Crippen molar-refractivity contribution in [3.63, 3.8) is 0 Å². The molecule has 0 amide bonds. The van der Waals surface area contributed by atoms with Crippen molar-refractivity contribution in [2.75, 3.05) is 0 Å². The van der Waals surface area contributed by atoms with Crippen molar-refractivity contribution in [3.05, 3.63) is 96.6 Å². The Hall–Kier alpha value is -2.17. The van der Waals surface area contributed by atoms with Gasteiger partial charge in [0.25, 0.3) is 0 Å². The van der Waals surface area contributed by atoms with E-state index in [2.05, 4.69) is 0 Å². The predicted molar refractivity (Wildman–Crippen MR) is 121 cm³/mol.